The quantitative estimate of drug-likeness (QED) is 0.764. The zero-order valence-electron chi connectivity index (χ0n) is 10.9. The molecule has 0 N–H and O–H groups in total. The maximum absolute atomic E-state index is 11.9. The number of hydrogen-bond donors (Lipinski definition) is 0. The molecule has 0 spiro atoms. The van der Waals surface area contributed by atoms with Crippen LogP contribution in [0.15, 0.2) is 35.5 Å². The van der Waals surface area contributed by atoms with Crippen LogP contribution in [0.25, 0.3) is 0 Å². The number of carbonyl (C=O) groups excluding carboxylic acids is 1. The highest BCUT2D eigenvalue weighted by Gasteiger charge is 2.10. The van der Waals surface area contributed by atoms with Crippen molar-refractivity contribution < 1.29 is 4.79 Å². The molecule has 0 saturated heterocycles. The molecule has 1 amide bonds. The molecule has 0 aliphatic heterocycles. The van der Waals surface area contributed by atoms with Crippen LogP contribution in [0.4, 0.5) is 0 Å². The van der Waals surface area contributed by atoms with Crippen molar-refractivity contribution in [1.29, 1.82) is 0 Å². The molecule has 0 aliphatic rings. The van der Waals surface area contributed by atoms with Crippen molar-refractivity contribution >= 4 is 17.7 Å². The largest absolute Gasteiger partial charge is 0.340 e. The van der Waals surface area contributed by atoms with Gasteiger partial charge in [-0.15, -0.1) is 16.9 Å². The zero-order chi connectivity index (χ0) is 13.7. The fourth-order valence-corrected chi connectivity index (χ4v) is 2.01. The van der Waals surface area contributed by atoms with Crippen molar-refractivity contribution in [1.82, 2.24) is 25.1 Å². The van der Waals surface area contributed by atoms with Crippen LogP contribution in [-0.2, 0) is 17.9 Å². The lowest BCUT2D eigenvalue weighted by Crippen LogP contribution is -2.30. The number of tetrazole rings is 1. The smallest absolute Gasteiger partial charge is 0.244 e. The third-order valence-corrected chi connectivity index (χ3v) is 3.44. The molecule has 0 fully saturated rings. The van der Waals surface area contributed by atoms with Gasteiger partial charge in [0.1, 0.15) is 12.9 Å². The number of thioether (sulfide) groups is 1. The van der Waals surface area contributed by atoms with Gasteiger partial charge >= 0.3 is 0 Å². The lowest BCUT2D eigenvalue weighted by molar-refractivity contribution is -0.131. The van der Waals surface area contributed by atoms with Crippen molar-refractivity contribution in [2.24, 2.45) is 0 Å². The van der Waals surface area contributed by atoms with Crippen molar-refractivity contribution in [2.75, 3.05) is 13.3 Å². The van der Waals surface area contributed by atoms with Gasteiger partial charge in [0.05, 0.1) is 0 Å². The average Bonchev–Trinajstić information content (AvgIpc) is 2.92. The van der Waals surface area contributed by atoms with Crippen LogP contribution < -0.4 is 0 Å². The van der Waals surface area contributed by atoms with Crippen LogP contribution in [-0.4, -0.2) is 44.3 Å². The Balaban J connectivity index is 1.92. The van der Waals surface area contributed by atoms with E-state index in [1.807, 2.05) is 18.4 Å². The Morgan fingerprint density at radius 2 is 2.11 bits per heavy atom. The summed E-state index contributed by atoms with van der Waals surface area (Å²) in [5.74, 6) is -0.0266. The third-order valence-electron chi connectivity index (χ3n) is 2.69. The first-order valence-corrected chi connectivity index (χ1v) is 6.99. The minimum absolute atomic E-state index is 0.0266. The molecule has 100 valence electrons. The van der Waals surface area contributed by atoms with E-state index in [2.05, 4.69) is 27.7 Å². The Kier molecular flexibility index (Phi) is 4.51. The first-order chi connectivity index (χ1) is 9.19. The van der Waals surface area contributed by atoms with Gasteiger partial charge in [0, 0.05) is 18.5 Å². The number of aromatic nitrogens is 4. The van der Waals surface area contributed by atoms with E-state index in [0.717, 1.165) is 5.56 Å². The Morgan fingerprint density at radius 1 is 1.37 bits per heavy atom. The van der Waals surface area contributed by atoms with Gasteiger partial charge in [0.25, 0.3) is 0 Å². The Labute approximate surface area is 115 Å². The average molecular weight is 277 g/mol. The first-order valence-electron chi connectivity index (χ1n) is 5.76. The van der Waals surface area contributed by atoms with Gasteiger partial charge in [-0.2, -0.15) is 0 Å². The van der Waals surface area contributed by atoms with Gasteiger partial charge in [-0.3, -0.25) is 4.79 Å². The number of hydrogen-bond acceptors (Lipinski definition) is 5. The van der Waals surface area contributed by atoms with E-state index >= 15 is 0 Å². The van der Waals surface area contributed by atoms with Crippen molar-refractivity contribution in [3.05, 3.63) is 36.2 Å². The van der Waals surface area contributed by atoms with E-state index in [1.165, 1.54) is 15.9 Å². The molecule has 7 heteroatoms. The number of likely N-dealkylation sites (N-methyl/N-ethyl adjacent to an activating group) is 1. The van der Waals surface area contributed by atoms with Crippen LogP contribution >= 0.6 is 11.8 Å². The number of carbonyl (C=O) groups is 1. The molecule has 1 heterocycles. The van der Waals surface area contributed by atoms with Gasteiger partial charge in [0.2, 0.25) is 5.91 Å². The van der Waals surface area contributed by atoms with Crippen LogP contribution in [0, 0.1) is 0 Å². The van der Waals surface area contributed by atoms with E-state index in [1.54, 1.807) is 23.7 Å². The van der Waals surface area contributed by atoms with Crippen molar-refractivity contribution in [3.63, 3.8) is 0 Å². The van der Waals surface area contributed by atoms with E-state index in [0.29, 0.717) is 6.54 Å². The molecule has 0 unspecified atom stereocenters. The van der Waals surface area contributed by atoms with Crippen molar-refractivity contribution in [3.8, 4) is 0 Å². The normalized spacial score (nSPS) is 10.4. The molecular weight excluding hydrogens is 262 g/mol. The molecule has 1 aromatic heterocycles. The number of amides is 1. The number of rotatable bonds is 5. The topological polar surface area (TPSA) is 63.9 Å². The molecule has 0 aliphatic carbocycles. The summed E-state index contributed by atoms with van der Waals surface area (Å²) >= 11 is 1.70. The molecule has 0 atom stereocenters. The summed E-state index contributed by atoms with van der Waals surface area (Å²) in [5.41, 5.74) is 1.10. The Hall–Kier alpha value is -1.89. The number of benzene rings is 1. The zero-order valence-corrected chi connectivity index (χ0v) is 11.7. The molecular formula is C12H15N5OS. The summed E-state index contributed by atoms with van der Waals surface area (Å²) in [6, 6.07) is 8.18. The van der Waals surface area contributed by atoms with Crippen LogP contribution in [0.2, 0.25) is 0 Å². The molecule has 1 aromatic carbocycles. The highest BCUT2D eigenvalue weighted by molar-refractivity contribution is 7.98. The predicted octanol–water partition coefficient (Wildman–Crippen LogP) is 1.05. The molecule has 2 rings (SSSR count). The summed E-state index contributed by atoms with van der Waals surface area (Å²) in [7, 11) is 1.77. The Morgan fingerprint density at radius 3 is 2.68 bits per heavy atom. The lowest BCUT2D eigenvalue weighted by atomic mass is 10.2. The first kappa shape index (κ1) is 13.5. The maximum atomic E-state index is 11.9. The second-order valence-corrected chi connectivity index (χ2v) is 4.98. The molecule has 0 radical (unpaired) electrons. The minimum atomic E-state index is -0.0266. The number of nitrogens with zero attached hydrogens (tertiary/aromatic N) is 5. The van der Waals surface area contributed by atoms with Gasteiger partial charge in [-0.25, -0.2) is 4.68 Å². The molecule has 0 bridgehead atoms. The van der Waals surface area contributed by atoms with Gasteiger partial charge in [-0.05, 0) is 34.4 Å². The summed E-state index contributed by atoms with van der Waals surface area (Å²) in [6.45, 7) is 0.738. The minimum Gasteiger partial charge on any atom is -0.340 e. The molecule has 2 aromatic rings. The monoisotopic (exact) mass is 277 g/mol. The van der Waals surface area contributed by atoms with Crippen LogP contribution in [0.3, 0.4) is 0 Å². The van der Waals surface area contributed by atoms with Crippen molar-refractivity contribution in [2.45, 2.75) is 18.0 Å². The fourth-order valence-electron chi connectivity index (χ4n) is 1.60. The summed E-state index contributed by atoms with van der Waals surface area (Å²) < 4.78 is 1.41. The van der Waals surface area contributed by atoms with Crippen LogP contribution in [0.1, 0.15) is 5.56 Å². The van der Waals surface area contributed by atoms with Gasteiger partial charge in [-0.1, -0.05) is 12.1 Å². The third kappa shape index (κ3) is 3.78. The predicted molar refractivity (Wildman–Crippen MR) is 72.5 cm³/mol. The van der Waals surface area contributed by atoms with E-state index in [4.69, 9.17) is 0 Å². The van der Waals surface area contributed by atoms with Gasteiger partial charge in [0.15, 0.2) is 0 Å². The maximum Gasteiger partial charge on any atom is 0.244 e. The molecule has 19 heavy (non-hydrogen) atoms. The van der Waals surface area contributed by atoms with Crippen LogP contribution in [0.5, 0.6) is 0 Å². The molecule has 6 nitrogen and oxygen atoms in total. The van der Waals surface area contributed by atoms with E-state index in [-0.39, 0.29) is 12.5 Å². The standard InChI is InChI=1S/C12H15N5OS/c1-16(12(18)8-17-9-13-14-15-17)7-10-3-5-11(19-2)6-4-10/h3-6,9H,7-8H2,1-2H3. The second kappa shape index (κ2) is 6.33. The van der Waals surface area contributed by atoms with Gasteiger partial charge < -0.3 is 4.90 Å². The Bertz CT molecular complexity index is 526. The summed E-state index contributed by atoms with van der Waals surface area (Å²) in [4.78, 5) is 14.8. The fraction of sp³-hybridized carbons (Fsp3) is 0.333. The second-order valence-electron chi connectivity index (χ2n) is 4.11. The molecule has 0 saturated carbocycles. The van der Waals surface area contributed by atoms with E-state index in [9.17, 15) is 4.79 Å². The summed E-state index contributed by atoms with van der Waals surface area (Å²) in [5, 5.41) is 10.7. The SMILES string of the molecule is CSc1ccc(CN(C)C(=O)Cn2cnnn2)cc1. The highest BCUT2D eigenvalue weighted by atomic mass is 32.2. The lowest BCUT2D eigenvalue weighted by Gasteiger charge is -2.17. The van der Waals surface area contributed by atoms with E-state index < -0.39 is 0 Å². The summed E-state index contributed by atoms with van der Waals surface area (Å²) in [6.07, 6.45) is 3.47. The highest BCUT2D eigenvalue weighted by Crippen LogP contribution is 2.15.